The zero-order chi connectivity index (χ0) is 13.9. The molecule has 3 rings (SSSR count). The van der Waals surface area contributed by atoms with Crippen molar-refractivity contribution in [2.45, 2.75) is 20.0 Å². The number of nitrogens with one attached hydrogen (secondary N) is 1. The minimum Gasteiger partial charge on any atom is -0.441 e. The van der Waals surface area contributed by atoms with Crippen LogP contribution >= 0.6 is 0 Å². The van der Waals surface area contributed by atoms with Crippen LogP contribution in [-0.4, -0.2) is 4.98 Å². The van der Waals surface area contributed by atoms with Crippen molar-refractivity contribution in [2.75, 3.05) is 5.73 Å². The van der Waals surface area contributed by atoms with Crippen molar-refractivity contribution in [3.8, 4) is 0 Å². The number of hydrogen-bond donors (Lipinski definition) is 2. The number of oxazole rings is 1. The maximum absolute atomic E-state index is 5.76. The van der Waals surface area contributed by atoms with Crippen molar-refractivity contribution < 1.29 is 4.42 Å². The smallest absolute Gasteiger partial charge is 0.192 e. The molecule has 4 nitrogen and oxygen atoms in total. The van der Waals surface area contributed by atoms with Crippen molar-refractivity contribution in [3.05, 3.63) is 59.5 Å². The molecule has 1 aromatic heterocycles. The van der Waals surface area contributed by atoms with Gasteiger partial charge in [-0.15, -0.1) is 0 Å². The van der Waals surface area contributed by atoms with Crippen LogP contribution in [0.2, 0.25) is 0 Å². The molecular weight excluding hydrogens is 250 g/mol. The number of rotatable bonds is 4. The molecule has 20 heavy (non-hydrogen) atoms. The second-order valence-corrected chi connectivity index (χ2v) is 4.88. The van der Waals surface area contributed by atoms with Crippen LogP contribution in [0.15, 0.2) is 46.9 Å². The third kappa shape index (κ3) is 2.81. The first-order valence-electron chi connectivity index (χ1n) is 6.62. The van der Waals surface area contributed by atoms with E-state index in [2.05, 4.69) is 28.5 Å². The Kier molecular flexibility index (Phi) is 3.39. The van der Waals surface area contributed by atoms with E-state index in [1.54, 1.807) is 0 Å². The van der Waals surface area contributed by atoms with E-state index in [1.165, 1.54) is 11.1 Å². The van der Waals surface area contributed by atoms with Crippen molar-refractivity contribution in [1.82, 2.24) is 10.3 Å². The number of nitrogens with zero attached hydrogens (tertiary/aromatic N) is 1. The van der Waals surface area contributed by atoms with Gasteiger partial charge in [0.1, 0.15) is 5.52 Å². The molecule has 0 bridgehead atoms. The molecule has 102 valence electrons. The van der Waals surface area contributed by atoms with Gasteiger partial charge in [0.15, 0.2) is 11.5 Å². The Morgan fingerprint density at radius 2 is 1.90 bits per heavy atom. The fraction of sp³-hybridized carbons (Fsp3) is 0.188. The number of aromatic nitrogens is 1. The van der Waals surface area contributed by atoms with Gasteiger partial charge in [0.25, 0.3) is 0 Å². The zero-order valence-electron chi connectivity index (χ0n) is 11.4. The van der Waals surface area contributed by atoms with E-state index in [-0.39, 0.29) is 0 Å². The van der Waals surface area contributed by atoms with E-state index < -0.39 is 0 Å². The van der Waals surface area contributed by atoms with Gasteiger partial charge in [-0.3, -0.25) is 0 Å². The van der Waals surface area contributed by atoms with Crippen LogP contribution in [0.5, 0.6) is 0 Å². The van der Waals surface area contributed by atoms with Gasteiger partial charge in [-0.25, -0.2) is 4.98 Å². The highest BCUT2D eigenvalue weighted by Gasteiger charge is 2.03. The van der Waals surface area contributed by atoms with Gasteiger partial charge in [0, 0.05) is 25.7 Å². The molecular formula is C16H17N3O. The number of anilines is 1. The lowest BCUT2D eigenvalue weighted by atomic mass is 10.2. The summed E-state index contributed by atoms with van der Waals surface area (Å²) in [4.78, 5) is 4.34. The van der Waals surface area contributed by atoms with Crippen molar-refractivity contribution in [1.29, 1.82) is 0 Å². The highest BCUT2D eigenvalue weighted by atomic mass is 16.3. The van der Waals surface area contributed by atoms with Gasteiger partial charge in [-0.05, 0) is 35.4 Å². The fourth-order valence-corrected chi connectivity index (χ4v) is 2.25. The summed E-state index contributed by atoms with van der Waals surface area (Å²) in [6.45, 7) is 3.44. The Morgan fingerprint density at radius 1 is 1.10 bits per heavy atom. The summed E-state index contributed by atoms with van der Waals surface area (Å²) in [6.07, 6.45) is 0. The van der Waals surface area contributed by atoms with E-state index >= 15 is 0 Å². The van der Waals surface area contributed by atoms with Gasteiger partial charge < -0.3 is 15.5 Å². The third-order valence-electron chi connectivity index (χ3n) is 3.17. The lowest BCUT2D eigenvalue weighted by molar-refractivity contribution is 0.561. The Bertz CT molecular complexity index is 733. The summed E-state index contributed by atoms with van der Waals surface area (Å²) in [7, 11) is 0. The van der Waals surface area contributed by atoms with E-state index in [0.717, 1.165) is 29.9 Å². The quantitative estimate of drug-likeness (QED) is 0.713. The normalized spacial score (nSPS) is 11.1. The van der Waals surface area contributed by atoms with Gasteiger partial charge in [-0.2, -0.15) is 0 Å². The molecule has 0 atom stereocenters. The Balaban J connectivity index is 1.64. The molecule has 0 saturated heterocycles. The first kappa shape index (κ1) is 12.7. The van der Waals surface area contributed by atoms with E-state index in [0.29, 0.717) is 5.89 Å². The molecule has 1 heterocycles. The molecule has 0 spiro atoms. The van der Waals surface area contributed by atoms with Crippen LogP contribution in [0.1, 0.15) is 17.0 Å². The number of hydrogen-bond acceptors (Lipinski definition) is 4. The number of aryl methyl sites for hydroxylation is 1. The highest BCUT2D eigenvalue weighted by Crippen LogP contribution is 2.16. The average Bonchev–Trinajstić information content (AvgIpc) is 2.78. The second-order valence-electron chi connectivity index (χ2n) is 4.88. The molecule has 0 aliphatic heterocycles. The largest absolute Gasteiger partial charge is 0.441 e. The summed E-state index contributed by atoms with van der Waals surface area (Å²) in [6, 6.07) is 14.0. The monoisotopic (exact) mass is 267 g/mol. The highest BCUT2D eigenvalue weighted by molar-refractivity contribution is 5.73. The minimum atomic E-state index is 0.699. The van der Waals surface area contributed by atoms with Crippen LogP contribution in [0.25, 0.3) is 11.1 Å². The SMILES string of the molecule is Cc1nc2cc(CNCc3cccc(N)c3)ccc2o1. The summed E-state index contributed by atoms with van der Waals surface area (Å²) in [5.74, 6) is 0.699. The molecule has 0 aliphatic rings. The standard InChI is InChI=1S/C16H17N3O/c1-11-19-15-8-13(5-6-16(15)20-11)10-18-9-12-3-2-4-14(17)7-12/h2-8,18H,9-10,17H2,1H3. The topological polar surface area (TPSA) is 64.1 Å². The fourth-order valence-electron chi connectivity index (χ4n) is 2.25. The lowest BCUT2D eigenvalue weighted by Gasteiger charge is -2.05. The summed E-state index contributed by atoms with van der Waals surface area (Å²) < 4.78 is 5.46. The van der Waals surface area contributed by atoms with Crippen LogP contribution < -0.4 is 11.1 Å². The number of nitrogens with two attached hydrogens (primary N) is 1. The second kappa shape index (κ2) is 5.35. The molecule has 0 saturated carbocycles. The van der Waals surface area contributed by atoms with Gasteiger partial charge in [-0.1, -0.05) is 18.2 Å². The lowest BCUT2D eigenvalue weighted by Crippen LogP contribution is -2.12. The molecule has 0 unspecified atom stereocenters. The third-order valence-corrected chi connectivity index (χ3v) is 3.17. The van der Waals surface area contributed by atoms with Gasteiger partial charge >= 0.3 is 0 Å². The maximum atomic E-state index is 5.76. The Hall–Kier alpha value is -2.33. The first-order valence-corrected chi connectivity index (χ1v) is 6.62. The molecule has 3 aromatic rings. The number of nitrogen functional groups attached to an aromatic ring is 1. The van der Waals surface area contributed by atoms with Crippen LogP contribution in [0.3, 0.4) is 0 Å². The Morgan fingerprint density at radius 3 is 2.70 bits per heavy atom. The molecule has 2 aromatic carbocycles. The van der Waals surface area contributed by atoms with Crippen molar-refractivity contribution >= 4 is 16.8 Å². The maximum Gasteiger partial charge on any atom is 0.192 e. The van der Waals surface area contributed by atoms with Crippen molar-refractivity contribution in [3.63, 3.8) is 0 Å². The van der Waals surface area contributed by atoms with E-state index in [1.807, 2.05) is 31.2 Å². The summed E-state index contributed by atoms with van der Waals surface area (Å²) >= 11 is 0. The average molecular weight is 267 g/mol. The molecule has 3 N–H and O–H groups in total. The van der Waals surface area contributed by atoms with E-state index in [9.17, 15) is 0 Å². The summed E-state index contributed by atoms with van der Waals surface area (Å²) in [5, 5.41) is 3.40. The summed E-state index contributed by atoms with van der Waals surface area (Å²) in [5.41, 5.74) is 10.7. The first-order chi connectivity index (χ1) is 9.70. The predicted molar refractivity (Wildman–Crippen MR) is 80.1 cm³/mol. The molecule has 0 fully saturated rings. The van der Waals surface area contributed by atoms with Gasteiger partial charge in [0.05, 0.1) is 0 Å². The van der Waals surface area contributed by atoms with Gasteiger partial charge in [0.2, 0.25) is 0 Å². The molecule has 0 radical (unpaired) electrons. The van der Waals surface area contributed by atoms with Crippen LogP contribution in [-0.2, 0) is 13.1 Å². The van der Waals surface area contributed by atoms with Crippen LogP contribution in [0.4, 0.5) is 5.69 Å². The minimum absolute atomic E-state index is 0.699. The number of fused-ring (bicyclic) bond motifs is 1. The van der Waals surface area contributed by atoms with E-state index in [4.69, 9.17) is 10.2 Å². The van der Waals surface area contributed by atoms with Crippen molar-refractivity contribution in [2.24, 2.45) is 0 Å². The van der Waals surface area contributed by atoms with Crippen LogP contribution in [0, 0.1) is 6.92 Å². The molecule has 0 amide bonds. The zero-order valence-corrected chi connectivity index (χ0v) is 11.4. The predicted octanol–water partition coefficient (Wildman–Crippen LogP) is 3.01. The Labute approximate surface area is 117 Å². The molecule has 0 aliphatic carbocycles. The molecule has 4 heteroatoms. The number of benzene rings is 2.